The minimum atomic E-state index is -0.505. The van der Waals surface area contributed by atoms with Gasteiger partial charge in [0.05, 0.1) is 5.69 Å². The number of rotatable bonds is 2. The Morgan fingerprint density at radius 2 is 2.21 bits per heavy atom. The first-order valence-corrected chi connectivity index (χ1v) is 4.43. The number of aryl methyl sites for hydroxylation is 1. The quantitative estimate of drug-likeness (QED) is 0.778. The van der Waals surface area contributed by atoms with Gasteiger partial charge in [0.1, 0.15) is 17.4 Å². The van der Waals surface area contributed by atoms with Gasteiger partial charge in [-0.25, -0.2) is 4.39 Å². The highest BCUT2D eigenvalue weighted by molar-refractivity contribution is 5.37. The summed E-state index contributed by atoms with van der Waals surface area (Å²) in [7, 11) is 0. The first-order valence-electron chi connectivity index (χ1n) is 4.43. The van der Waals surface area contributed by atoms with Crippen molar-refractivity contribution in [2.24, 2.45) is 0 Å². The number of nitrogens with zero attached hydrogens (tertiary/aromatic N) is 1. The highest BCUT2D eigenvalue weighted by Crippen LogP contribution is 2.13. The second-order valence-electron chi connectivity index (χ2n) is 3.11. The van der Waals surface area contributed by atoms with Crippen molar-refractivity contribution in [3.63, 3.8) is 0 Å². The molecule has 14 heavy (non-hydrogen) atoms. The highest BCUT2D eigenvalue weighted by Gasteiger charge is 2.14. The first kappa shape index (κ1) is 10.5. The largest absolute Gasteiger partial charge is 0.322 e. The maximum atomic E-state index is 13.5. The highest BCUT2D eigenvalue weighted by atomic mass is 19.1. The molecule has 1 N–H and O–H groups in total. The summed E-state index contributed by atoms with van der Waals surface area (Å²) < 4.78 is 13.5. The zero-order valence-electron chi connectivity index (χ0n) is 8.15. The van der Waals surface area contributed by atoms with Gasteiger partial charge in [0, 0.05) is 5.56 Å². The van der Waals surface area contributed by atoms with Crippen molar-refractivity contribution in [1.29, 1.82) is 5.26 Å². The second kappa shape index (κ2) is 4.05. The van der Waals surface area contributed by atoms with Crippen molar-refractivity contribution < 1.29 is 4.39 Å². The van der Waals surface area contributed by atoms with Crippen LogP contribution in [0.3, 0.4) is 0 Å². The zero-order valence-corrected chi connectivity index (χ0v) is 8.15. The minimum absolute atomic E-state index is 0.102. The third-order valence-electron chi connectivity index (χ3n) is 2.04. The summed E-state index contributed by atoms with van der Waals surface area (Å²) in [5.41, 5.74) is -0.182. The van der Waals surface area contributed by atoms with E-state index in [1.165, 1.54) is 6.92 Å². The molecular formula is C10H11FN2O. The molecule has 4 heteroatoms. The molecule has 0 radical (unpaired) electrons. The van der Waals surface area contributed by atoms with Gasteiger partial charge in [-0.3, -0.25) is 4.79 Å². The van der Waals surface area contributed by atoms with E-state index in [1.807, 2.05) is 6.92 Å². The van der Waals surface area contributed by atoms with Crippen molar-refractivity contribution >= 4 is 0 Å². The molecular weight excluding hydrogens is 183 g/mol. The van der Waals surface area contributed by atoms with Crippen LogP contribution in [-0.4, -0.2) is 4.98 Å². The lowest BCUT2D eigenvalue weighted by atomic mass is 10.0. The Labute approximate surface area is 81.2 Å². The monoisotopic (exact) mass is 194 g/mol. The maximum absolute atomic E-state index is 13.5. The van der Waals surface area contributed by atoms with E-state index < -0.39 is 11.4 Å². The Balaban J connectivity index is 3.50. The fourth-order valence-electron chi connectivity index (χ4n) is 1.36. The van der Waals surface area contributed by atoms with Crippen LogP contribution in [0.15, 0.2) is 4.79 Å². The number of aromatic amines is 1. The van der Waals surface area contributed by atoms with E-state index in [0.29, 0.717) is 12.8 Å². The molecule has 0 unspecified atom stereocenters. The minimum Gasteiger partial charge on any atom is -0.322 e. The number of halogens is 1. The maximum Gasteiger partial charge on any atom is 0.266 e. The van der Waals surface area contributed by atoms with Crippen LogP contribution in [0.5, 0.6) is 0 Å². The van der Waals surface area contributed by atoms with Crippen LogP contribution in [-0.2, 0) is 6.42 Å². The number of nitriles is 1. The van der Waals surface area contributed by atoms with E-state index in [0.717, 1.165) is 0 Å². The predicted octanol–water partition coefficient (Wildman–Crippen LogP) is 1.65. The molecule has 3 nitrogen and oxygen atoms in total. The average molecular weight is 194 g/mol. The van der Waals surface area contributed by atoms with Crippen LogP contribution >= 0.6 is 0 Å². The number of aromatic nitrogens is 1. The molecule has 0 aromatic carbocycles. The van der Waals surface area contributed by atoms with Gasteiger partial charge in [-0.15, -0.1) is 0 Å². The summed E-state index contributed by atoms with van der Waals surface area (Å²) in [6, 6.07) is 1.73. The summed E-state index contributed by atoms with van der Waals surface area (Å²) in [4.78, 5) is 13.6. The second-order valence-corrected chi connectivity index (χ2v) is 3.11. The smallest absolute Gasteiger partial charge is 0.266 e. The summed E-state index contributed by atoms with van der Waals surface area (Å²) in [6.07, 6.45) is 1.12. The standard InChI is InChI=1S/C10H11FN2O/c1-3-4-7-8(5-12)10(14)13-6(2)9(7)11/h3-4H2,1-2H3,(H,13,14). The third-order valence-corrected chi connectivity index (χ3v) is 2.04. The third kappa shape index (κ3) is 1.67. The van der Waals surface area contributed by atoms with Crippen molar-refractivity contribution in [2.75, 3.05) is 0 Å². The van der Waals surface area contributed by atoms with E-state index in [1.54, 1.807) is 6.07 Å². The van der Waals surface area contributed by atoms with Crippen molar-refractivity contribution in [1.82, 2.24) is 4.98 Å². The van der Waals surface area contributed by atoms with Gasteiger partial charge in [0.15, 0.2) is 0 Å². The fraction of sp³-hybridized carbons (Fsp3) is 0.400. The number of nitrogens with one attached hydrogen (secondary N) is 1. The fourth-order valence-corrected chi connectivity index (χ4v) is 1.36. The van der Waals surface area contributed by atoms with Gasteiger partial charge in [-0.2, -0.15) is 5.26 Å². The molecule has 1 heterocycles. The van der Waals surface area contributed by atoms with E-state index in [-0.39, 0.29) is 16.8 Å². The van der Waals surface area contributed by atoms with Crippen LogP contribution in [0.2, 0.25) is 0 Å². The van der Waals surface area contributed by atoms with Crippen LogP contribution < -0.4 is 5.56 Å². The number of hydrogen-bond acceptors (Lipinski definition) is 2. The van der Waals surface area contributed by atoms with Gasteiger partial charge >= 0.3 is 0 Å². The molecule has 0 atom stereocenters. The lowest BCUT2D eigenvalue weighted by Gasteiger charge is -2.05. The summed E-state index contributed by atoms with van der Waals surface area (Å²) in [6.45, 7) is 3.36. The molecule has 0 fully saturated rings. The Morgan fingerprint density at radius 3 is 2.71 bits per heavy atom. The van der Waals surface area contributed by atoms with Gasteiger partial charge in [-0.1, -0.05) is 13.3 Å². The van der Waals surface area contributed by atoms with Crippen LogP contribution in [0.1, 0.15) is 30.2 Å². The topological polar surface area (TPSA) is 56.6 Å². The molecule has 0 saturated carbocycles. The molecule has 1 aromatic rings. The first-order chi connectivity index (χ1) is 6.61. The number of H-pyrrole nitrogens is 1. The molecule has 74 valence electrons. The Morgan fingerprint density at radius 1 is 1.57 bits per heavy atom. The number of pyridine rings is 1. The SMILES string of the molecule is CCCc1c(F)c(C)[nH]c(=O)c1C#N. The molecule has 0 aliphatic rings. The van der Waals surface area contributed by atoms with Gasteiger partial charge < -0.3 is 4.98 Å². The zero-order chi connectivity index (χ0) is 10.7. The summed E-state index contributed by atoms with van der Waals surface area (Å²) in [5.74, 6) is -0.469. The van der Waals surface area contributed by atoms with Crippen LogP contribution in [0, 0.1) is 24.1 Å². The Kier molecular flexibility index (Phi) is 3.03. The van der Waals surface area contributed by atoms with Gasteiger partial charge in [0.2, 0.25) is 0 Å². The summed E-state index contributed by atoms with van der Waals surface area (Å²) in [5, 5.41) is 8.70. The summed E-state index contributed by atoms with van der Waals surface area (Å²) >= 11 is 0. The molecule has 1 rings (SSSR count). The van der Waals surface area contributed by atoms with Crippen molar-refractivity contribution in [3.8, 4) is 6.07 Å². The average Bonchev–Trinajstić information content (AvgIpc) is 2.14. The van der Waals surface area contributed by atoms with Crippen LogP contribution in [0.4, 0.5) is 4.39 Å². The lowest BCUT2D eigenvalue weighted by molar-refractivity contribution is 0.586. The molecule has 0 bridgehead atoms. The van der Waals surface area contributed by atoms with E-state index in [2.05, 4.69) is 4.98 Å². The number of hydrogen-bond donors (Lipinski definition) is 1. The molecule has 0 amide bonds. The van der Waals surface area contributed by atoms with Crippen molar-refractivity contribution in [2.45, 2.75) is 26.7 Å². The Hall–Kier alpha value is -1.63. The van der Waals surface area contributed by atoms with E-state index in [4.69, 9.17) is 5.26 Å². The molecule has 0 aliphatic carbocycles. The predicted molar refractivity (Wildman–Crippen MR) is 50.5 cm³/mol. The van der Waals surface area contributed by atoms with Crippen LogP contribution in [0.25, 0.3) is 0 Å². The molecule has 0 spiro atoms. The molecule has 0 saturated heterocycles. The Bertz CT molecular complexity index is 443. The van der Waals surface area contributed by atoms with E-state index in [9.17, 15) is 9.18 Å². The van der Waals surface area contributed by atoms with Crippen molar-refractivity contribution in [3.05, 3.63) is 33.0 Å². The van der Waals surface area contributed by atoms with Gasteiger partial charge in [-0.05, 0) is 13.3 Å². The molecule has 0 aliphatic heterocycles. The lowest BCUT2D eigenvalue weighted by Crippen LogP contribution is -2.17. The molecule has 1 aromatic heterocycles. The van der Waals surface area contributed by atoms with Gasteiger partial charge in [0.25, 0.3) is 5.56 Å². The normalized spacial score (nSPS) is 9.86. The van der Waals surface area contributed by atoms with E-state index >= 15 is 0 Å².